The standard InChI is InChI=1S/C8H15N3.2C2H6/c1-3-9-5-4-8-6-10-7-11(8)2;2*1-2/h6-7,9H,3-5H2,1-2H3;2*1-2H3. The van der Waals surface area contributed by atoms with Crippen LogP contribution in [0.2, 0.25) is 0 Å². The minimum atomic E-state index is 1.04. The second kappa shape index (κ2) is 13.2. The molecule has 3 nitrogen and oxygen atoms in total. The van der Waals surface area contributed by atoms with E-state index < -0.39 is 0 Å². The summed E-state index contributed by atoms with van der Waals surface area (Å²) < 4.78 is 2.05. The monoisotopic (exact) mass is 213 g/mol. The van der Waals surface area contributed by atoms with Crippen LogP contribution in [0, 0.1) is 0 Å². The van der Waals surface area contributed by atoms with E-state index in [2.05, 4.69) is 21.8 Å². The molecule has 0 fully saturated rings. The van der Waals surface area contributed by atoms with E-state index in [1.807, 2.05) is 47.3 Å². The number of rotatable bonds is 4. The quantitative estimate of drug-likeness (QED) is 0.779. The van der Waals surface area contributed by atoms with E-state index in [4.69, 9.17) is 0 Å². The van der Waals surface area contributed by atoms with E-state index in [1.165, 1.54) is 5.69 Å². The summed E-state index contributed by atoms with van der Waals surface area (Å²) in [6.07, 6.45) is 4.81. The Kier molecular flexibility index (Phi) is 14.6. The third-order valence-electron chi connectivity index (χ3n) is 1.72. The number of aryl methyl sites for hydroxylation is 1. The van der Waals surface area contributed by atoms with E-state index in [0.717, 1.165) is 19.5 Å². The molecular weight excluding hydrogens is 186 g/mol. The van der Waals surface area contributed by atoms with Crippen LogP contribution in [0.5, 0.6) is 0 Å². The van der Waals surface area contributed by atoms with Crippen LogP contribution in [-0.2, 0) is 13.5 Å². The van der Waals surface area contributed by atoms with Gasteiger partial charge in [-0.1, -0.05) is 34.6 Å². The van der Waals surface area contributed by atoms with Crippen LogP contribution < -0.4 is 5.32 Å². The van der Waals surface area contributed by atoms with Gasteiger partial charge < -0.3 is 9.88 Å². The van der Waals surface area contributed by atoms with Crippen LogP contribution in [0.25, 0.3) is 0 Å². The molecule has 1 rings (SSSR count). The molecule has 0 aliphatic rings. The van der Waals surface area contributed by atoms with E-state index in [0.29, 0.717) is 0 Å². The van der Waals surface area contributed by atoms with Crippen molar-refractivity contribution in [2.45, 2.75) is 41.0 Å². The maximum Gasteiger partial charge on any atom is 0.0945 e. The van der Waals surface area contributed by atoms with Crippen molar-refractivity contribution >= 4 is 0 Å². The van der Waals surface area contributed by atoms with Gasteiger partial charge in [0.05, 0.1) is 6.33 Å². The molecule has 3 heteroatoms. The van der Waals surface area contributed by atoms with Crippen LogP contribution >= 0.6 is 0 Å². The Hall–Kier alpha value is -0.830. The maximum absolute atomic E-state index is 4.04. The summed E-state index contributed by atoms with van der Waals surface area (Å²) >= 11 is 0. The molecule has 0 aromatic carbocycles. The Morgan fingerprint density at radius 2 is 1.87 bits per heavy atom. The van der Waals surface area contributed by atoms with Crippen molar-refractivity contribution in [1.29, 1.82) is 0 Å². The topological polar surface area (TPSA) is 29.9 Å². The summed E-state index contributed by atoms with van der Waals surface area (Å²) in [5, 5.41) is 3.27. The van der Waals surface area contributed by atoms with Crippen molar-refractivity contribution < 1.29 is 0 Å². The molecule has 15 heavy (non-hydrogen) atoms. The zero-order chi connectivity index (χ0) is 12.1. The summed E-state index contributed by atoms with van der Waals surface area (Å²) in [6, 6.07) is 0. The van der Waals surface area contributed by atoms with Crippen molar-refractivity contribution in [2.24, 2.45) is 7.05 Å². The number of hydrogen-bond acceptors (Lipinski definition) is 2. The molecule has 1 aromatic rings. The first-order chi connectivity index (χ1) is 7.34. The molecule has 0 aliphatic heterocycles. The Labute approximate surface area is 94.9 Å². The van der Waals surface area contributed by atoms with Gasteiger partial charge in [0, 0.05) is 31.9 Å². The molecule has 0 spiro atoms. The number of likely N-dealkylation sites (N-methyl/N-ethyl adjacent to an activating group) is 1. The van der Waals surface area contributed by atoms with Gasteiger partial charge in [-0.25, -0.2) is 4.98 Å². The van der Waals surface area contributed by atoms with Crippen LogP contribution in [0.1, 0.15) is 40.3 Å². The fraction of sp³-hybridized carbons (Fsp3) is 0.750. The second-order valence-corrected chi connectivity index (χ2v) is 2.60. The lowest BCUT2D eigenvalue weighted by atomic mass is 10.3. The molecule has 0 bridgehead atoms. The molecule has 0 unspecified atom stereocenters. The zero-order valence-corrected chi connectivity index (χ0v) is 11.2. The number of aromatic nitrogens is 2. The van der Waals surface area contributed by atoms with E-state index >= 15 is 0 Å². The molecule has 0 aliphatic carbocycles. The van der Waals surface area contributed by atoms with E-state index in [-0.39, 0.29) is 0 Å². The van der Waals surface area contributed by atoms with Gasteiger partial charge in [0.15, 0.2) is 0 Å². The minimum Gasteiger partial charge on any atom is -0.338 e. The van der Waals surface area contributed by atoms with Gasteiger partial charge in [0.25, 0.3) is 0 Å². The van der Waals surface area contributed by atoms with Gasteiger partial charge in [-0.3, -0.25) is 0 Å². The lowest BCUT2D eigenvalue weighted by Gasteiger charge is -2.01. The fourth-order valence-electron chi connectivity index (χ4n) is 1.02. The summed E-state index contributed by atoms with van der Waals surface area (Å²) in [5.74, 6) is 0. The van der Waals surface area contributed by atoms with Gasteiger partial charge in [0.2, 0.25) is 0 Å². The smallest absolute Gasteiger partial charge is 0.0945 e. The summed E-state index contributed by atoms with van der Waals surface area (Å²) in [4.78, 5) is 4.04. The largest absolute Gasteiger partial charge is 0.338 e. The van der Waals surface area contributed by atoms with Gasteiger partial charge in [-0.15, -0.1) is 0 Å². The van der Waals surface area contributed by atoms with Crippen LogP contribution in [0.4, 0.5) is 0 Å². The predicted octanol–water partition coefficient (Wildman–Crippen LogP) is 2.62. The normalized spacial score (nSPS) is 8.40. The molecule has 0 amide bonds. The number of nitrogens with one attached hydrogen (secondary N) is 1. The first-order valence-electron chi connectivity index (χ1n) is 6.00. The average molecular weight is 213 g/mol. The highest BCUT2D eigenvalue weighted by Crippen LogP contribution is 1.95. The molecule has 1 N–H and O–H groups in total. The predicted molar refractivity (Wildman–Crippen MR) is 68.2 cm³/mol. The van der Waals surface area contributed by atoms with Crippen molar-refractivity contribution in [3.63, 3.8) is 0 Å². The second-order valence-electron chi connectivity index (χ2n) is 2.60. The maximum atomic E-state index is 4.04. The van der Waals surface area contributed by atoms with Gasteiger partial charge in [-0.2, -0.15) is 0 Å². The highest BCUT2D eigenvalue weighted by Gasteiger charge is 1.95. The number of hydrogen-bond donors (Lipinski definition) is 1. The molecular formula is C12H27N3. The molecule has 1 aromatic heterocycles. The molecule has 1 heterocycles. The first-order valence-corrected chi connectivity index (χ1v) is 6.00. The highest BCUT2D eigenvalue weighted by atomic mass is 15.0. The van der Waals surface area contributed by atoms with Crippen LogP contribution in [-0.4, -0.2) is 22.6 Å². The van der Waals surface area contributed by atoms with Crippen molar-refractivity contribution in [3.8, 4) is 0 Å². The van der Waals surface area contributed by atoms with Gasteiger partial charge in [0.1, 0.15) is 0 Å². The fourth-order valence-corrected chi connectivity index (χ4v) is 1.02. The summed E-state index contributed by atoms with van der Waals surface area (Å²) in [5.41, 5.74) is 1.28. The van der Waals surface area contributed by atoms with Gasteiger partial charge >= 0.3 is 0 Å². The lowest BCUT2D eigenvalue weighted by Crippen LogP contribution is -2.17. The zero-order valence-electron chi connectivity index (χ0n) is 11.2. The molecule has 0 saturated carbocycles. The molecule has 90 valence electrons. The van der Waals surface area contributed by atoms with Crippen LogP contribution in [0.3, 0.4) is 0 Å². The first kappa shape index (κ1) is 16.6. The molecule has 0 atom stereocenters. The third-order valence-corrected chi connectivity index (χ3v) is 1.72. The van der Waals surface area contributed by atoms with E-state index in [9.17, 15) is 0 Å². The Bertz CT molecular complexity index is 206. The highest BCUT2D eigenvalue weighted by molar-refractivity contribution is 4.97. The third kappa shape index (κ3) is 8.18. The van der Waals surface area contributed by atoms with Crippen molar-refractivity contribution in [1.82, 2.24) is 14.9 Å². The Balaban J connectivity index is 0. The average Bonchev–Trinajstić information content (AvgIpc) is 2.71. The lowest BCUT2D eigenvalue weighted by molar-refractivity contribution is 0.689. The van der Waals surface area contributed by atoms with E-state index in [1.54, 1.807) is 0 Å². The number of nitrogens with zero attached hydrogens (tertiary/aromatic N) is 2. The molecule has 0 saturated heterocycles. The summed E-state index contributed by atoms with van der Waals surface area (Å²) in [7, 11) is 2.02. The number of imidazole rings is 1. The Morgan fingerprint density at radius 3 is 2.27 bits per heavy atom. The summed E-state index contributed by atoms with van der Waals surface area (Å²) in [6.45, 7) is 12.2. The van der Waals surface area contributed by atoms with Crippen molar-refractivity contribution in [3.05, 3.63) is 18.2 Å². The Morgan fingerprint density at radius 1 is 1.27 bits per heavy atom. The molecule has 0 radical (unpaired) electrons. The van der Waals surface area contributed by atoms with Crippen LogP contribution in [0.15, 0.2) is 12.5 Å². The van der Waals surface area contributed by atoms with Crippen molar-refractivity contribution in [2.75, 3.05) is 13.1 Å². The van der Waals surface area contributed by atoms with Gasteiger partial charge in [-0.05, 0) is 6.54 Å². The minimum absolute atomic E-state index is 1.04. The SMILES string of the molecule is CC.CC.CCNCCc1cncn1C.